The number of rotatable bonds is 5. The molecule has 3 aromatic rings. The van der Waals surface area contributed by atoms with E-state index in [4.69, 9.17) is 4.74 Å². The lowest BCUT2D eigenvalue weighted by atomic mass is 10.0. The molecule has 38 heavy (non-hydrogen) atoms. The molecular weight excluding hydrogens is 508 g/mol. The van der Waals surface area contributed by atoms with E-state index >= 15 is 0 Å². The third kappa shape index (κ3) is 10.5. The number of fused-ring (bicyclic) bond motifs is 1. The van der Waals surface area contributed by atoms with Crippen LogP contribution in [0, 0.1) is 0 Å². The summed E-state index contributed by atoms with van der Waals surface area (Å²) in [6.45, 7) is 1.90. The summed E-state index contributed by atoms with van der Waals surface area (Å²) in [4.78, 5) is 17.2. The van der Waals surface area contributed by atoms with Crippen molar-refractivity contribution in [3.8, 4) is 5.75 Å². The van der Waals surface area contributed by atoms with Gasteiger partial charge in [0.15, 0.2) is 0 Å². The van der Waals surface area contributed by atoms with Gasteiger partial charge >= 0.3 is 6.09 Å². The summed E-state index contributed by atoms with van der Waals surface area (Å²) in [5, 5.41) is 5.96. The first-order valence-electron chi connectivity index (χ1n) is 11.9. The topological polar surface area (TPSA) is 120 Å². The number of aliphatic imine (C=N–C) groups is 1. The maximum Gasteiger partial charge on any atom is 0.414 e. The Morgan fingerprint density at radius 2 is 1.68 bits per heavy atom. The number of hydrogen-bond donors (Lipinski definition) is 1. The van der Waals surface area contributed by atoms with Crippen molar-refractivity contribution in [2.24, 2.45) is 4.99 Å². The summed E-state index contributed by atoms with van der Waals surface area (Å²) in [6.07, 6.45) is 0.556. The summed E-state index contributed by atoms with van der Waals surface area (Å²) in [5.41, 5.74) is 2.44. The first kappa shape index (κ1) is 30.7. The first-order chi connectivity index (χ1) is 17.8. The Balaban J connectivity index is 0.000000221. The molecule has 3 aromatic carbocycles. The van der Waals surface area contributed by atoms with Gasteiger partial charge in [-0.3, -0.25) is 13.7 Å². The molecular formula is C27H36N4O6S. The maximum absolute atomic E-state index is 11.4. The molecule has 10 nitrogen and oxygen atoms in total. The van der Waals surface area contributed by atoms with E-state index in [2.05, 4.69) is 78.1 Å². The van der Waals surface area contributed by atoms with Crippen molar-refractivity contribution in [2.75, 3.05) is 55.4 Å². The van der Waals surface area contributed by atoms with Crippen molar-refractivity contribution in [1.82, 2.24) is 14.7 Å². The highest BCUT2D eigenvalue weighted by Gasteiger charge is 2.14. The minimum atomic E-state index is -4.41. The summed E-state index contributed by atoms with van der Waals surface area (Å²) < 4.78 is 36.9. The van der Waals surface area contributed by atoms with Crippen LogP contribution in [0.2, 0.25) is 0 Å². The largest absolute Gasteiger partial charge is 0.726 e. The molecule has 4 rings (SSSR count). The number of amidine groups is 1. The SMILES string of the molecule is CN(C)C(=O)Oc1cccc([N+](C)(C)C)c1.COS(=O)(=O)[O-].c1ccc2c(CC3=NCCN3)cccc2c1. The van der Waals surface area contributed by atoms with Gasteiger partial charge in [0.05, 0.1) is 34.8 Å². The summed E-state index contributed by atoms with van der Waals surface area (Å²) >= 11 is 0. The van der Waals surface area contributed by atoms with E-state index in [1.807, 2.05) is 18.2 Å². The molecule has 0 bridgehead atoms. The molecule has 0 saturated carbocycles. The van der Waals surface area contributed by atoms with E-state index in [9.17, 15) is 17.8 Å². The van der Waals surface area contributed by atoms with Gasteiger partial charge in [0.2, 0.25) is 10.4 Å². The fraction of sp³-hybridized carbons (Fsp3) is 0.333. The molecule has 0 aromatic heterocycles. The molecule has 1 heterocycles. The number of nitrogens with zero attached hydrogens (tertiary/aromatic N) is 3. The van der Waals surface area contributed by atoms with Gasteiger partial charge in [-0.2, -0.15) is 0 Å². The smallest absolute Gasteiger partial charge is 0.414 e. The number of ether oxygens (including phenoxy) is 1. The lowest BCUT2D eigenvalue weighted by molar-refractivity contribution is 0.172. The lowest BCUT2D eigenvalue weighted by Crippen LogP contribution is -2.34. The van der Waals surface area contributed by atoms with Crippen molar-refractivity contribution in [1.29, 1.82) is 0 Å². The third-order valence-corrected chi connectivity index (χ3v) is 5.76. The molecule has 0 fully saturated rings. The molecule has 0 radical (unpaired) electrons. The van der Waals surface area contributed by atoms with Crippen LogP contribution in [-0.4, -0.2) is 85.2 Å². The molecule has 0 unspecified atom stereocenters. The van der Waals surface area contributed by atoms with Gasteiger partial charge in [-0.05, 0) is 28.5 Å². The molecule has 1 aliphatic rings. The molecule has 1 amide bonds. The Kier molecular flexibility index (Phi) is 11.2. The fourth-order valence-electron chi connectivity index (χ4n) is 3.35. The van der Waals surface area contributed by atoms with Gasteiger partial charge in [0, 0.05) is 33.1 Å². The molecule has 0 atom stereocenters. The predicted octanol–water partition coefficient (Wildman–Crippen LogP) is 3.42. The molecule has 1 N–H and O–H groups in total. The zero-order chi connectivity index (χ0) is 28.3. The van der Waals surface area contributed by atoms with Crippen LogP contribution in [0.3, 0.4) is 0 Å². The second kappa shape index (κ2) is 13.9. The van der Waals surface area contributed by atoms with Crippen LogP contribution < -0.4 is 14.5 Å². The van der Waals surface area contributed by atoms with Gasteiger partial charge in [-0.1, -0.05) is 48.5 Å². The third-order valence-electron chi connectivity index (χ3n) is 5.35. The Labute approximate surface area is 225 Å². The summed E-state index contributed by atoms with van der Waals surface area (Å²) in [6, 6.07) is 22.5. The number of benzene rings is 3. The van der Waals surface area contributed by atoms with Crippen molar-refractivity contribution >= 4 is 38.8 Å². The Hall–Kier alpha value is -3.51. The number of hydrogen-bond acceptors (Lipinski definition) is 8. The maximum atomic E-state index is 11.4. The minimum absolute atomic E-state index is 0.362. The number of quaternary nitrogens is 1. The number of nitrogens with one attached hydrogen (secondary N) is 1. The van der Waals surface area contributed by atoms with E-state index in [0.29, 0.717) is 10.2 Å². The number of carbonyl (C=O) groups excluding carboxylic acids is 1. The van der Waals surface area contributed by atoms with Crippen molar-refractivity contribution in [3.05, 3.63) is 72.3 Å². The fourth-order valence-corrected chi connectivity index (χ4v) is 3.35. The monoisotopic (exact) mass is 544 g/mol. The van der Waals surface area contributed by atoms with Crippen LogP contribution in [-0.2, 0) is 21.0 Å². The van der Waals surface area contributed by atoms with Crippen LogP contribution in [0.4, 0.5) is 10.5 Å². The Morgan fingerprint density at radius 1 is 1.05 bits per heavy atom. The van der Waals surface area contributed by atoms with Gasteiger partial charge in [0.25, 0.3) is 0 Å². The molecule has 11 heteroatoms. The quantitative estimate of drug-likeness (QED) is 0.297. The average Bonchev–Trinajstić information content (AvgIpc) is 3.37. The normalized spacial score (nSPS) is 12.8. The van der Waals surface area contributed by atoms with Gasteiger partial charge in [-0.25, -0.2) is 13.2 Å². The van der Waals surface area contributed by atoms with Crippen LogP contribution in [0.15, 0.2) is 71.7 Å². The zero-order valence-corrected chi connectivity index (χ0v) is 23.5. The van der Waals surface area contributed by atoms with Gasteiger partial charge in [-0.15, -0.1) is 0 Å². The van der Waals surface area contributed by atoms with E-state index in [-0.39, 0.29) is 6.09 Å². The molecule has 206 valence electrons. The Morgan fingerprint density at radius 3 is 2.26 bits per heavy atom. The van der Waals surface area contributed by atoms with Crippen LogP contribution in [0.1, 0.15) is 5.56 Å². The van der Waals surface area contributed by atoms with Gasteiger partial charge in [0.1, 0.15) is 17.3 Å². The van der Waals surface area contributed by atoms with Crippen LogP contribution >= 0.6 is 0 Å². The van der Waals surface area contributed by atoms with Gasteiger partial charge < -0.3 is 19.5 Å². The minimum Gasteiger partial charge on any atom is -0.726 e. The molecule has 1 aliphatic heterocycles. The molecule has 0 saturated heterocycles. The van der Waals surface area contributed by atoms with Crippen molar-refractivity contribution in [2.45, 2.75) is 6.42 Å². The van der Waals surface area contributed by atoms with Crippen LogP contribution in [0.5, 0.6) is 5.75 Å². The second-order valence-electron chi connectivity index (χ2n) is 9.42. The average molecular weight is 545 g/mol. The first-order valence-corrected chi connectivity index (χ1v) is 13.2. The van der Waals surface area contributed by atoms with Crippen molar-refractivity contribution < 1.29 is 26.7 Å². The van der Waals surface area contributed by atoms with E-state index in [1.54, 1.807) is 20.2 Å². The van der Waals surface area contributed by atoms with E-state index in [1.165, 1.54) is 21.2 Å². The highest BCUT2D eigenvalue weighted by molar-refractivity contribution is 7.80. The molecule has 0 spiro atoms. The number of carbonyl (C=O) groups is 1. The highest BCUT2D eigenvalue weighted by Crippen LogP contribution is 2.23. The zero-order valence-electron chi connectivity index (χ0n) is 22.7. The van der Waals surface area contributed by atoms with Crippen molar-refractivity contribution in [3.63, 3.8) is 0 Å². The number of amides is 1. The summed E-state index contributed by atoms with van der Waals surface area (Å²) in [5.74, 6) is 1.70. The standard InChI is InChI=1S/C14H14N2.C12H19N2O2.CH4O4S/c1-2-7-13-11(4-1)5-3-6-12(13)10-14-15-8-9-16-14;1-13(2)12(15)16-11-8-6-7-10(9-11)14(3,4)5;1-5-6(2,3)4/h1-7H,8-10H2,(H,15,16);6-9H,1-5H3;1H3,(H,2,3,4)/q;+1;/p-1. The van der Waals surface area contributed by atoms with E-state index < -0.39 is 10.4 Å². The summed E-state index contributed by atoms with van der Waals surface area (Å²) in [7, 11) is 5.90. The second-order valence-corrected chi connectivity index (χ2v) is 10.6. The van der Waals surface area contributed by atoms with Crippen LogP contribution in [0.25, 0.3) is 10.8 Å². The molecule has 0 aliphatic carbocycles. The lowest BCUT2D eigenvalue weighted by Gasteiger charge is -2.23. The Bertz CT molecular complexity index is 1350. The van der Waals surface area contributed by atoms with E-state index in [0.717, 1.165) is 38.1 Å². The highest BCUT2D eigenvalue weighted by atomic mass is 32.3. The predicted molar refractivity (Wildman–Crippen MR) is 150 cm³/mol.